The van der Waals surface area contributed by atoms with Crippen molar-refractivity contribution in [2.45, 2.75) is 12.2 Å². The first-order valence-electron chi connectivity index (χ1n) is 7.41. The standard InChI is InChI=1S/C17H18ClFN2O.ClH/c18-16(19)17(22)21-10-8-20(9-11-21)12-14-6-3-5-13-4-1-2-7-15(13)14;/h1-7,16H,8-12H2;1H. The van der Waals surface area contributed by atoms with Crippen LogP contribution in [0.2, 0.25) is 0 Å². The van der Waals surface area contributed by atoms with Crippen molar-refractivity contribution in [2.24, 2.45) is 0 Å². The van der Waals surface area contributed by atoms with E-state index < -0.39 is 11.5 Å². The predicted molar refractivity (Wildman–Crippen MR) is 93.8 cm³/mol. The third-order valence-corrected chi connectivity index (χ3v) is 4.33. The minimum Gasteiger partial charge on any atom is -0.337 e. The van der Waals surface area contributed by atoms with Crippen LogP contribution in [0.4, 0.5) is 4.39 Å². The van der Waals surface area contributed by atoms with Crippen molar-refractivity contribution < 1.29 is 9.18 Å². The van der Waals surface area contributed by atoms with E-state index in [0.29, 0.717) is 13.1 Å². The van der Waals surface area contributed by atoms with Gasteiger partial charge >= 0.3 is 0 Å². The lowest BCUT2D eigenvalue weighted by Gasteiger charge is -2.35. The van der Waals surface area contributed by atoms with Crippen LogP contribution in [0.15, 0.2) is 42.5 Å². The van der Waals surface area contributed by atoms with E-state index in [-0.39, 0.29) is 12.4 Å². The number of rotatable bonds is 3. The van der Waals surface area contributed by atoms with Gasteiger partial charge in [-0.25, -0.2) is 4.39 Å². The maximum absolute atomic E-state index is 12.9. The Labute approximate surface area is 146 Å². The van der Waals surface area contributed by atoms with Gasteiger partial charge in [-0.05, 0) is 16.3 Å². The summed E-state index contributed by atoms with van der Waals surface area (Å²) in [5.41, 5.74) is -0.650. The van der Waals surface area contributed by atoms with E-state index in [0.717, 1.165) is 19.6 Å². The first-order valence-corrected chi connectivity index (χ1v) is 7.85. The summed E-state index contributed by atoms with van der Waals surface area (Å²) in [6.45, 7) is 3.36. The highest BCUT2D eigenvalue weighted by atomic mass is 35.5. The summed E-state index contributed by atoms with van der Waals surface area (Å²) in [6.07, 6.45) is 0. The zero-order valence-corrected chi connectivity index (χ0v) is 14.2. The predicted octanol–water partition coefficient (Wildman–Crippen LogP) is 3.44. The van der Waals surface area contributed by atoms with Crippen LogP contribution in [0.3, 0.4) is 0 Å². The molecule has 3 rings (SSSR count). The molecule has 2 aromatic rings. The van der Waals surface area contributed by atoms with Gasteiger partial charge in [0.25, 0.3) is 11.5 Å². The highest BCUT2D eigenvalue weighted by Crippen LogP contribution is 2.20. The Bertz CT molecular complexity index is 667. The molecule has 0 N–H and O–H groups in total. The molecular formula is C17H19Cl2FN2O. The Kier molecular flexibility index (Phi) is 6.22. The summed E-state index contributed by atoms with van der Waals surface area (Å²) in [5.74, 6) is -0.619. The van der Waals surface area contributed by atoms with E-state index in [1.165, 1.54) is 21.2 Å². The fraction of sp³-hybridized carbons (Fsp3) is 0.353. The monoisotopic (exact) mass is 356 g/mol. The number of carbonyl (C=O) groups excluding carboxylic acids is 1. The van der Waals surface area contributed by atoms with Crippen LogP contribution in [0.5, 0.6) is 0 Å². The molecule has 6 heteroatoms. The molecule has 2 aromatic carbocycles. The maximum atomic E-state index is 12.9. The molecule has 0 aromatic heterocycles. The number of fused-ring (bicyclic) bond motifs is 1. The van der Waals surface area contributed by atoms with Crippen LogP contribution in [-0.2, 0) is 11.3 Å². The molecule has 124 valence electrons. The quantitative estimate of drug-likeness (QED) is 0.786. The fourth-order valence-corrected chi connectivity index (χ4v) is 3.07. The van der Waals surface area contributed by atoms with Crippen LogP contribution in [0.25, 0.3) is 10.8 Å². The highest BCUT2D eigenvalue weighted by Gasteiger charge is 2.25. The largest absolute Gasteiger partial charge is 0.337 e. The molecule has 0 saturated carbocycles. The number of benzene rings is 2. The molecule has 0 radical (unpaired) electrons. The lowest BCUT2D eigenvalue weighted by atomic mass is 10.0. The van der Waals surface area contributed by atoms with Crippen LogP contribution in [-0.4, -0.2) is 47.5 Å². The van der Waals surface area contributed by atoms with Gasteiger partial charge in [-0.2, -0.15) is 0 Å². The molecule has 0 spiro atoms. The van der Waals surface area contributed by atoms with Gasteiger partial charge in [0.15, 0.2) is 0 Å². The van der Waals surface area contributed by atoms with Gasteiger partial charge in [0.2, 0.25) is 0 Å². The maximum Gasteiger partial charge on any atom is 0.272 e. The summed E-state index contributed by atoms with van der Waals surface area (Å²) in [6, 6.07) is 14.6. The molecule has 3 nitrogen and oxygen atoms in total. The molecule has 0 aliphatic carbocycles. The molecule has 1 fully saturated rings. The minimum atomic E-state index is -1.93. The number of nitrogens with zero attached hydrogens (tertiary/aromatic N) is 2. The van der Waals surface area contributed by atoms with E-state index >= 15 is 0 Å². The van der Waals surface area contributed by atoms with Gasteiger partial charge in [0.05, 0.1) is 0 Å². The van der Waals surface area contributed by atoms with Crippen molar-refractivity contribution >= 4 is 40.7 Å². The molecule has 1 amide bonds. The molecule has 23 heavy (non-hydrogen) atoms. The second-order valence-electron chi connectivity index (χ2n) is 5.54. The van der Waals surface area contributed by atoms with Gasteiger partial charge in [-0.15, -0.1) is 12.4 Å². The average molecular weight is 357 g/mol. The highest BCUT2D eigenvalue weighted by molar-refractivity contribution is 6.29. The van der Waals surface area contributed by atoms with Gasteiger partial charge in [-0.3, -0.25) is 9.69 Å². The molecule has 1 unspecified atom stereocenters. The van der Waals surface area contributed by atoms with Crippen molar-refractivity contribution in [3.63, 3.8) is 0 Å². The Balaban J connectivity index is 0.00000192. The Morgan fingerprint density at radius 2 is 1.74 bits per heavy atom. The summed E-state index contributed by atoms with van der Waals surface area (Å²) in [4.78, 5) is 15.3. The zero-order chi connectivity index (χ0) is 15.5. The van der Waals surface area contributed by atoms with Gasteiger partial charge < -0.3 is 4.90 Å². The Morgan fingerprint density at radius 1 is 1.09 bits per heavy atom. The van der Waals surface area contributed by atoms with Gasteiger partial charge in [0, 0.05) is 32.7 Å². The van der Waals surface area contributed by atoms with Crippen LogP contribution in [0, 0.1) is 0 Å². The summed E-state index contributed by atoms with van der Waals surface area (Å²) >= 11 is 5.22. The van der Waals surface area contributed by atoms with Crippen molar-refractivity contribution in [2.75, 3.05) is 26.2 Å². The summed E-state index contributed by atoms with van der Waals surface area (Å²) in [5, 5.41) is 2.49. The fourth-order valence-electron chi connectivity index (χ4n) is 2.94. The van der Waals surface area contributed by atoms with E-state index in [4.69, 9.17) is 11.6 Å². The SMILES string of the molecule is Cl.O=C(C(F)Cl)N1CCN(Cc2cccc3ccccc23)CC1. The molecule has 0 bridgehead atoms. The van der Waals surface area contributed by atoms with E-state index in [1.54, 1.807) is 0 Å². The summed E-state index contributed by atoms with van der Waals surface area (Å²) in [7, 11) is 0. The van der Waals surface area contributed by atoms with Crippen LogP contribution in [0.1, 0.15) is 5.56 Å². The van der Waals surface area contributed by atoms with Crippen molar-refractivity contribution in [3.8, 4) is 0 Å². The number of hydrogen-bond acceptors (Lipinski definition) is 2. The first-order chi connectivity index (χ1) is 10.6. The van der Waals surface area contributed by atoms with E-state index in [2.05, 4.69) is 35.2 Å². The van der Waals surface area contributed by atoms with Crippen molar-refractivity contribution in [1.82, 2.24) is 9.80 Å². The number of piperazine rings is 1. The molecule has 1 atom stereocenters. The average Bonchev–Trinajstić information content (AvgIpc) is 2.55. The van der Waals surface area contributed by atoms with Crippen molar-refractivity contribution in [1.29, 1.82) is 0 Å². The topological polar surface area (TPSA) is 23.6 Å². The second-order valence-corrected chi connectivity index (χ2v) is 5.92. The molecular weight excluding hydrogens is 338 g/mol. The lowest BCUT2D eigenvalue weighted by Crippen LogP contribution is -2.49. The molecule has 1 aliphatic rings. The zero-order valence-electron chi connectivity index (χ0n) is 12.6. The summed E-state index contributed by atoms with van der Waals surface area (Å²) < 4.78 is 12.9. The molecule has 1 aliphatic heterocycles. The van der Waals surface area contributed by atoms with Crippen LogP contribution < -0.4 is 0 Å². The third-order valence-electron chi connectivity index (χ3n) is 4.14. The van der Waals surface area contributed by atoms with Gasteiger partial charge in [-0.1, -0.05) is 54.1 Å². The van der Waals surface area contributed by atoms with Crippen molar-refractivity contribution in [3.05, 3.63) is 48.0 Å². The van der Waals surface area contributed by atoms with Crippen LogP contribution >= 0.6 is 24.0 Å². The first kappa shape index (κ1) is 18.0. The Morgan fingerprint density at radius 3 is 2.43 bits per heavy atom. The molecule has 1 saturated heterocycles. The number of carbonyl (C=O) groups is 1. The van der Waals surface area contributed by atoms with Gasteiger partial charge in [0.1, 0.15) is 0 Å². The number of alkyl halides is 2. The van der Waals surface area contributed by atoms with E-state index in [1.807, 2.05) is 12.1 Å². The Hall–Kier alpha value is -1.36. The lowest BCUT2D eigenvalue weighted by molar-refractivity contribution is -0.135. The number of hydrogen-bond donors (Lipinski definition) is 0. The number of amides is 1. The number of halogens is 3. The minimum absolute atomic E-state index is 0. The molecule has 1 heterocycles. The van der Waals surface area contributed by atoms with E-state index in [9.17, 15) is 9.18 Å². The normalized spacial score (nSPS) is 16.9. The smallest absolute Gasteiger partial charge is 0.272 e. The third kappa shape index (κ3) is 4.14. The second kappa shape index (κ2) is 7.95.